The quantitative estimate of drug-likeness (QED) is 0.0975. The average molecular weight is 795 g/mol. The molecule has 0 saturated carbocycles. The monoisotopic (exact) mass is 794 g/mol. The molecular weight excluding hydrogens is 741 g/mol. The molecule has 4 aromatic heterocycles. The van der Waals surface area contributed by atoms with E-state index in [4.69, 9.17) is 13.9 Å². The Labute approximate surface area is 334 Å². The Balaban J connectivity index is 0.000000179. The Hall–Kier alpha value is -4.84. The average Bonchev–Trinajstić information content (AvgIpc) is 4.01. The van der Waals surface area contributed by atoms with Crippen molar-refractivity contribution in [2.45, 2.75) is 115 Å². The summed E-state index contributed by atoms with van der Waals surface area (Å²) < 4.78 is 22.7. The van der Waals surface area contributed by atoms with Crippen LogP contribution in [0.3, 0.4) is 0 Å². The number of hydrogen-bond donors (Lipinski definition) is 4. The SMILES string of the molecule is CC[C@H]1O[C@@H](n2cnc3c(NCc4ccccc4)ncnc32)CC1O[Si](C)(C)C(C)(C)C.OC[C@H]1O[C@@H](n2cnc3c(NCc4ccccc4)ncnc32)CC1O. The maximum atomic E-state index is 9.93. The zero-order valence-electron chi connectivity index (χ0n) is 33.5. The van der Waals surface area contributed by atoms with E-state index in [2.05, 4.69) is 93.5 Å². The number of aromatic nitrogens is 8. The number of aliphatic hydroxyl groups excluding tert-OH is 2. The molecule has 302 valence electrons. The van der Waals surface area contributed by atoms with Gasteiger partial charge in [0.05, 0.1) is 37.6 Å². The fraction of sp³-hybridized carbons (Fsp3) is 0.463. The minimum Gasteiger partial charge on any atom is -0.411 e. The largest absolute Gasteiger partial charge is 0.411 e. The third-order valence-electron chi connectivity index (χ3n) is 11.2. The molecule has 2 saturated heterocycles. The van der Waals surface area contributed by atoms with Gasteiger partial charge in [-0.15, -0.1) is 0 Å². The first-order valence-corrected chi connectivity index (χ1v) is 22.5. The fourth-order valence-electron chi connectivity index (χ4n) is 6.91. The van der Waals surface area contributed by atoms with Gasteiger partial charge in [0.25, 0.3) is 0 Å². The lowest BCUT2D eigenvalue weighted by Gasteiger charge is -2.39. The number of imidazole rings is 2. The number of fused-ring (bicyclic) bond motifs is 2. The summed E-state index contributed by atoms with van der Waals surface area (Å²) in [6.07, 6.45) is 6.93. The van der Waals surface area contributed by atoms with Gasteiger partial charge < -0.3 is 34.7 Å². The van der Waals surface area contributed by atoms with Crippen molar-refractivity contribution in [3.63, 3.8) is 0 Å². The Kier molecular flexibility index (Phi) is 12.3. The van der Waals surface area contributed by atoms with E-state index in [1.807, 2.05) is 59.4 Å². The molecule has 0 spiro atoms. The second kappa shape index (κ2) is 17.3. The number of benzene rings is 2. The van der Waals surface area contributed by atoms with E-state index >= 15 is 0 Å². The van der Waals surface area contributed by atoms with Gasteiger partial charge in [-0.25, -0.2) is 29.9 Å². The van der Waals surface area contributed by atoms with Crippen LogP contribution in [0.5, 0.6) is 0 Å². The highest BCUT2D eigenvalue weighted by atomic mass is 28.4. The summed E-state index contributed by atoms with van der Waals surface area (Å²) in [5, 5.41) is 26.0. The molecule has 57 heavy (non-hydrogen) atoms. The molecule has 6 heterocycles. The van der Waals surface area contributed by atoms with Crippen molar-refractivity contribution >= 4 is 42.3 Å². The van der Waals surface area contributed by atoms with Crippen LogP contribution < -0.4 is 10.6 Å². The van der Waals surface area contributed by atoms with Gasteiger partial charge in [-0.2, -0.15) is 0 Å². The Morgan fingerprint density at radius 1 is 0.737 bits per heavy atom. The highest BCUT2D eigenvalue weighted by Gasteiger charge is 2.45. The first-order valence-electron chi connectivity index (χ1n) is 19.6. The van der Waals surface area contributed by atoms with Gasteiger partial charge in [-0.3, -0.25) is 9.13 Å². The van der Waals surface area contributed by atoms with E-state index in [9.17, 15) is 10.2 Å². The molecule has 4 N–H and O–H groups in total. The first-order chi connectivity index (χ1) is 27.5. The molecule has 16 heteroatoms. The molecule has 0 radical (unpaired) electrons. The minimum absolute atomic E-state index is 0.0732. The van der Waals surface area contributed by atoms with Crippen molar-refractivity contribution in [1.29, 1.82) is 0 Å². The lowest BCUT2D eigenvalue weighted by molar-refractivity contribution is -0.0432. The Morgan fingerprint density at radius 3 is 1.68 bits per heavy atom. The van der Waals surface area contributed by atoms with Crippen LogP contribution in [0.25, 0.3) is 22.3 Å². The predicted molar refractivity (Wildman–Crippen MR) is 221 cm³/mol. The summed E-state index contributed by atoms with van der Waals surface area (Å²) in [6.45, 7) is 14.7. The van der Waals surface area contributed by atoms with Crippen molar-refractivity contribution in [3.05, 3.63) is 97.1 Å². The first kappa shape index (κ1) is 40.4. The molecule has 2 aliphatic heterocycles. The van der Waals surface area contributed by atoms with Gasteiger partial charge in [-0.1, -0.05) is 88.4 Å². The molecule has 8 rings (SSSR count). The van der Waals surface area contributed by atoms with E-state index in [1.54, 1.807) is 17.2 Å². The van der Waals surface area contributed by atoms with Crippen molar-refractivity contribution < 1.29 is 24.1 Å². The summed E-state index contributed by atoms with van der Waals surface area (Å²) >= 11 is 0. The molecule has 2 aliphatic rings. The van der Waals surface area contributed by atoms with Gasteiger partial charge in [0, 0.05) is 25.9 Å². The second-order valence-electron chi connectivity index (χ2n) is 16.1. The Morgan fingerprint density at radius 2 is 1.23 bits per heavy atom. The van der Waals surface area contributed by atoms with Gasteiger partial charge in [-0.05, 0) is 35.7 Å². The number of aliphatic hydroxyl groups is 2. The topological polar surface area (TPSA) is 179 Å². The highest BCUT2D eigenvalue weighted by molar-refractivity contribution is 6.74. The summed E-state index contributed by atoms with van der Waals surface area (Å²) in [6, 6.07) is 20.3. The van der Waals surface area contributed by atoms with Crippen LogP contribution in [0, 0.1) is 0 Å². The maximum Gasteiger partial charge on any atom is 0.192 e. The van der Waals surface area contributed by atoms with Crippen LogP contribution in [0.15, 0.2) is 86.0 Å². The van der Waals surface area contributed by atoms with Crippen LogP contribution >= 0.6 is 0 Å². The summed E-state index contributed by atoms with van der Waals surface area (Å²) in [7, 11) is -1.89. The smallest absolute Gasteiger partial charge is 0.192 e. The second-order valence-corrected chi connectivity index (χ2v) is 20.8. The molecule has 2 fully saturated rings. The zero-order valence-corrected chi connectivity index (χ0v) is 34.5. The number of rotatable bonds is 12. The molecule has 0 bridgehead atoms. The van der Waals surface area contributed by atoms with Crippen LogP contribution in [0.1, 0.15) is 70.5 Å². The van der Waals surface area contributed by atoms with Crippen LogP contribution in [-0.4, -0.2) is 88.6 Å². The van der Waals surface area contributed by atoms with Gasteiger partial charge in [0.1, 0.15) is 31.2 Å². The predicted octanol–water partition coefficient (Wildman–Crippen LogP) is 6.61. The van der Waals surface area contributed by atoms with Crippen LogP contribution in [0.2, 0.25) is 18.1 Å². The van der Waals surface area contributed by atoms with E-state index < -0.39 is 26.8 Å². The molecule has 0 amide bonds. The fourth-order valence-corrected chi connectivity index (χ4v) is 8.27. The summed E-state index contributed by atoms with van der Waals surface area (Å²) in [5.41, 5.74) is 5.14. The number of anilines is 2. The summed E-state index contributed by atoms with van der Waals surface area (Å²) in [4.78, 5) is 26.6. The van der Waals surface area contributed by atoms with Gasteiger partial charge in [0.2, 0.25) is 0 Å². The molecule has 6 atom stereocenters. The molecule has 15 nitrogen and oxygen atoms in total. The van der Waals surface area contributed by atoms with Crippen molar-refractivity contribution in [3.8, 4) is 0 Å². The maximum absolute atomic E-state index is 9.93. The lowest BCUT2D eigenvalue weighted by Crippen LogP contribution is -2.45. The number of nitrogens with zero attached hydrogens (tertiary/aromatic N) is 8. The zero-order chi connectivity index (χ0) is 40.2. The third-order valence-corrected chi connectivity index (χ3v) is 15.7. The number of hydrogen-bond acceptors (Lipinski definition) is 13. The Bertz CT molecular complexity index is 2210. The normalized spacial score (nSPS) is 22.5. The molecule has 2 aromatic carbocycles. The van der Waals surface area contributed by atoms with Crippen LogP contribution in [0.4, 0.5) is 11.6 Å². The summed E-state index contributed by atoms with van der Waals surface area (Å²) in [5.74, 6) is 1.38. The van der Waals surface area contributed by atoms with E-state index in [1.165, 1.54) is 11.9 Å². The van der Waals surface area contributed by atoms with E-state index in [0.717, 1.165) is 35.4 Å². The van der Waals surface area contributed by atoms with Gasteiger partial charge >= 0.3 is 0 Å². The van der Waals surface area contributed by atoms with E-state index in [-0.39, 0.29) is 30.1 Å². The van der Waals surface area contributed by atoms with Crippen LogP contribution in [-0.2, 0) is 27.0 Å². The molecular formula is C41H54N10O5Si. The minimum atomic E-state index is -1.89. The molecule has 2 unspecified atom stereocenters. The molecule has 0 aliphatic carbocycles. The highest BCUT2D eigenvalue weighted by Crippen LogP contribution is 2.42. The van der Waals surface area contributed by atoms with Crippen molar-refractivity contribution in [1.82, 2.24) is 39.0 Å². The number of ether oxygens (including phenoxy) is 2. The van der Waals surface area contributed by atoms with Crippen molar-refractivity contribution in [2.75, 3.05) is 17.2 Å². The number of nitrogens with one attached hydrogen (secondary N) is 2. The van der Waals surface area contributed by atoms with Gasteiger partial charge in [0.15, 0.2) is 42.3 Å². The lowest BCUT2D eigenvalue weighted by atomic mass is 10.1. The standard InChI is InChI=1S/C24H35N5O2Si.C17H19N5O3/c1-7-18-19(31-32(5,6)24(2,3)4)13-20(30-18)29-16-28-21-22(26-15-27-23(21)29)25-14-17-11-9-8-10-12-17;23-8-13-12(24)6-14(25-13)22-10-21-15-16(19-9-20-17(15)22)18-7-11-4-2-1-3-5-11/h8-12,15-16,18-20H,7,13-14H2,1-6H3,(H,25,26,27);1-5,9-10,12-14,23-24H,6-8H2,(H,18,19,20)/t18-,19?,20-;12?,13-,14-/m11/s1. The van der Waals surface area contributed by atoms with Crippen molar-refractivity contribution in [2.24, 2.45) is 0 Å². The molecule has 6 aromatic rings. The third kappa shape index (κ3) is 9.01. The van der Waals surface area contributed by atoms with E-state index in [0.29, 0.717) is 36.5 Å².